The summed E-state index contributed by atoms with van der Waals surface area (Å²) < 4.78 is 20.4. The molecule has 0 radical (unpaired) electrons. The maximum atomic E-state index is 13.1. The first-order valence-corrected chi connectivity index (χ1v) is 11.2. The Morgan fingerprint density at radius 2 is 1.67 bits per heavy atom. The van der Waals surface area contributed by atoms with E-state index < -0.39 is 22.6 Å². The summed E-state index contributed by atoms with van der Waals surface area (Å²) in [6.07, 6.45) is 2.02. The van der Waals surface area contributed by atoms with Crippen LogP contribution in [0.4, 0.5) is 0 Å². The fraction of sp³-hybridized carbons (Fsp3) is 0.381. The van der Waals surface area contributed by atoms with Crippen LogP contribution in [0.5, 0.6) is 0 Å². The Hall–Kier alpha value is -1.63. The Bertz CT molecular complexity index is 841. The quantitative estimate of drug-likeness (QED) is 0.419. The van der Waals surface area contributed by atoms with Crippen LogP contribution >= 0.6 is 11.8 Å². The fourth-order valence-corrected chi connectivity index (χ4v) is 4.74. The van der Waals surface area contributed by atoms with E-state index in [2.05, 4.69) is 0 Å². The zero-order valence-electron chi connectivity index (χ0n) is 16.3. The van der Waals surface area contributed by atoms with E-state index in [1.807, 2.05) is 82.5 Å². The first-order chi connectivity index (χ1) is 12.7. The molecule has 1 fully saturated rings. The molecule has 2 aromatic rings. The molecule has 1 aliphatic heterocycles. The molecule has 0 aliphatic carbocycles. The molecule has 0 spiro atoms. The number of thioether (sulfide) groups is 1. The lowest BCUT2D eigenvalue weighted by atomic mass is 10.1. The van der Waals surface area contributed by atoms with Crippen molar-refractivity contribution in [2.75, 3.05) is 6.26 Å². The average molecular weight is 404 g/mol. The number of rotatable bonds is 5. The molecule has 4 atom stereocenters. The third kappa shape index (κ3) is 4.62. The summed E-state index contributed by atoms with van der Waals surface area (Å²) >= 11 is 1.66. The van der Waals surface area contributed by atoms with Gasteiger partial charge in [0.1, 0.15) is 22.6 Å². The highest BCUT2D eigenvalue weighted by molar-refractivity contribution is 7.98. The standard InChI is InChI=1S/C21H25NO3S2/c1-14-6-12-17(13-7-14)27(24)22-18(15-8-10-16(26-5)11-9-15)19(22)20(23)25-21(2,3)4/h6-13,18-19H,1-5H3/t18-,19-,22?,27?/m0/s1. The lowest BCUT2D eigenvalue weighted by Gasteiger charge is -2.19. The van der Waals surface area contributed by atoms with Crippen molar-refractivity contribution in [3.63, 3.8) is 0 Å². The van der Waals surface area contributed by atoms with Gasteiger partial charge in [-0.05, 0) is 63.8 Å². The number of aryl methyl sites for hydroxylation is 1. The number of carbonyl (C=O) groups is 1. The minimum absolute atomic E-state index is 0.238. The number of benzene rings is 2. The van der Waals surface area contributed by atoms with Crippen LogP contribution in [0.2, 0.25) is 0 Å². The van der Waals surface area contributed by atoms with Crippen LogP contribution in [0.25, 0.3) is 0 Å². The van der Waals surface area contributed by atoms with Crippen molar-refractivity contribution in [3.8, 4) is 0 Å². The number of hydrogen-bond acceptors (Lipinski definition) is 4. The molecule has 0 saturated carbocycles. The van der Waals surface area contributed by atoms with Crippen molar-refractivity contribution in [3.05, 3.63) is 59.7 Å². The Morgan fingerprint density at radius 3 is 2.19 bits per heavy atom. The summed E-state index contributed by atoms with van der Waals surface area (Å²) in [6.45, 7) is 7.52. The van der Waals surface area contributed by atoms with Crippen LogP contribution in [-0.2, 0) is 20.5 Å². The van der Waals surface area contributed by atoms with E-state index in [1.54, 1.807) is 16.1 Å². The number of esters is 1. The topological polar surface area (TPSA) is 46.4 Å². The molecule has 1 aliphatic rings. The Balaban J connectivity index is 1.88. The second kappa shape index (κ2) is 7.78. The zero-order chi connectivity index (χ0) is 19.8. The molecule has 1 heterocycles. The minimum atomic E-state index is -1.42. The highest BCUT2D eigenvalue weighted by atomic mass is 32.2. The summed E-state index contributed by atoms with van der Waals surface area (Å²) in [5, 5.41) is 0. The van der Waals surface area contributed by atoms with E-state index in [0.29, 0.717) is 4.90 Å². The minimum Gasteiger partial charge on any atom is -0.459 e. The van der Waals surface area contributed by atoms with Gasteiger partial charge in [-0.2, -0.15) is 4.31 Å². The molecule has 27 heavy (non-hydrogen) atoms. The molecule has 0 aromatic heterocycles. The van der Waals surface area contributed by atoms with Crippen molar-refractivity contribution in [2.45, 2.75) is 55.2 Å². The van der Waals surface area contributed by atoms with E-state index in [0.717, 1.165) is 16.0 Å². The van der Waals surface area contributed by atoms with Crippen LogP contribution in [0.15, 0.2) is 58.3 Å². The molecule has 1 saturated heterocycles. The zero-order valence-corrected chi connectivity index (χ0v) is 17.9. The average Bonchev–Trinajstić information content (AvgIpc) is 3.36. The first-order valence-electron chi connectivity index (χ1n) is 8.85. The van der Waals surface area contributed by atoms with Gasteiger partial charge < -0.3 is 4.74 Å². The highest BCUT2D eigenvalue weighted by Crippen LogP contribution is 2.47. The van der Waals surface area contributed by atoms with Crippen molar-refractivity contribution >= 4 is 28.7 Å². The maximum Gasteiger partial charge on any atom is 0.326 e. The predicted octanol–water partition coefficient (Wildman–Crippen LogP) is 4.51. The van der Waals surface area contributed by atoms with E-state index >= 15 is 0 Å². The van der Waals surface area contributed by atoms with Gasteiger partial charge in [-0.1, -0.05) is 29.8 Å². The molecular weight excluding hydrogens is 378 g/mol. The van der Waals surface area contributed by atoms with Gasteiger partial charge in [-0.3, -0.25) is 4.79 Å². The van der Waals surface area contributed by atoms with Gasteiger partial charge in [0, 0.05) is 4.90 Å². The Labute approximate surface area is 167 Å². The van der Waals surface area contributed by atoms with Crippen molar-refractivity contribution in [1.82, 2.24) is 4.31 Å². The number of carbonyl (C=O) groups excluding carboxylic acids is 1. The third-order valence-corrected chi connectivity index (χ3v) is 6.53. The molecule has 0 amide bonds. The fourth-order valence-electron chi connectivity index (χ4n) is 2.92. The largest absolute Gasteiger partial charge is 0.459 e. The summed E-state index contributed by atoms with van der Waals surface area (Å²) in [5.41, 5.74) is 1.50. The van der Waals surface area contributed by atoms with E-state index in [-0.39, 0.29) is 12.0 Å². The number of hydrogen-bond donors (Lipinski definition) is 0. The van der Waals surface area contributed by atoms with Crippen LogP contribution in [0.1, 0.15) is 37.9 Å². The van der Waals surface area contributed by atoms with Gasteiger partial charge in [-0.25, -0.2) is 4.21 Å². The molecule has 4 nitrogen and oxygen atoms in total. The van der Waals surface area contributed by atoms with Crippen molar-refractivity contribution in [2.24, 2.45) is 0 Å². The highest BCUT2D eigenvalue weighted by Gasteiger charge is 2.58. The van der Waals surface area contributed by atoms with Gasteiger partial charge in [0.25, 0.3) is 0 Å². The summed E-state index contributed by atoms with van der Waals surface area (Å²) in [6, 6.07) is 14.8. The lowest BCUT2D eigenvalue weighted by Crippen LogP contribution is -2.28. The molecular formula is C21H25NO3S2. The van der Waals surface area contributed by atoms with Gasteiger partial charge in [0.2, 0.25) is 0 Å². The molecule has 2 unspecified atom stereocenters. The number of nitrogens with zero attached hydrogens (tertiary/aromatic N) is 1. The Morgan fingerprint density at radius 1 is 1.07 bits per heavy atom. The monoisotopic (exact) mass is 403 g/mol. The van der Waals surface area contributed by atoms with Gasteiger partial charge in [0.05, 0.1) is 10.9 Å². The van der Waals surface area contributed by atoms with E-state index in [9.17, 15) is 9.00 Å². The van der Waals surface area contributed by atoms with Gasteiger partial charge >= 0.3 is 5.97 Å². The van der Waals surface area contributed by atoms with Crippen LogP contribution in [0, 0.1) is 6.92 Å². The van der Waals surface area contributed by atoms with Crippen molar-refractivity contribution < 1.29 is 13.7 Å². The second-order valence-electron chi connectivity index (χ2n) is 7.62. The van der Waals surface area contributed by atoms with Crippen LogP contribution in [0.3, 0.4) is 0 Å². The van der Waals surface area contributed by atoms with Crippen LogP contribution < -0.4 is 0 Å². The lowest BCUT2D eigenvalue weighted by molar-refractivity contribution is -0.154. The van der Waals surface area contributed by atoms with E-state index in [1.165, 1.54) is 0 Å². The first kappa shape index (κ1) is 20.1. The molecule has 144 valence electrons. The maximum absolute atomic E-state index is 13.1. The molecule has 3 rings (SSSR count). The summed E-state index contributed by atoms with van der Waals surface area (Å²) in [5.74, 6) is -0.332. The smallest absolute Gasteiger partial charge is 0.326 e. The molecule has 0 bridgehead atoms. The summed E-state index contributed by atoms with van der Waals surface area (Å²) in [7, 11) is -1.42. The summed E-state index contributed by atoms with van der Waals surface area (Å²) in [4.78, 5) is 14.6. The molecule has 0 N–H and O–H groups in total. The predicted molar refractivity (Wildman–Crippen MR) is 110 cm³/mol. The SMILES string of the molecule is CSc1ccc([C@H]2[C@@H](C(=O)OC(C)(C)C)N2S(=O)c2ccc(C)cc2)cc1. The third-order valence-electron chi connectivity index (χ3n) is 4.28. The Kier molecular flexibility index (Phi) is 5.79. The molecule has 2 aromatic carbocycles. The normalized spacial score (nSPS) is 22.9. The molecule has 6 heteroatoms. The van der Waals surface area contributed by atoms with Crippen LogP contribution in [-0.4, -0.2) is 32.4 Å². The van der Waals surface area contributed by atoms with E-state index in [4.69, 9.17) is 4.74 Å². The van der Waals surface area contributed by atoms with Gasteiger partial charge in [-0.15, -0.1) is 11.8 Å². The number of ether oxygens (including phenoxy) is 1. The van der Waals surface area contributed by atoms with Gasteiger partial charge in [0.15, 0.2) is 0 Å². The second-order valence-corrected chi connectivity index (χ2v) is 9.89. The van der Waals surface area contributed by atoms with Crippen molar-refractivity contribution in [1.29, 1.82) is 0 Å².